The van der Waals surface area contributed by atoms with Crippen molar-refractivity contribution in [2.75, 3.05) is 54.4 Å². The summed E-state index contributed by atoms with van der Waals surface area (Å²) in [6.45, 7) is 2.23. The molecule has 0 aromatic rings. The number of carboxylic acids is 1. The van der Waals surface area contributed by atoms with Crippen molar-refractivity contribution in [1.82, 2.24) is 20.0 Å². The van der Waals surface area contributed by atoms with Gasteiger partial charge in [-0.15, -0.1) is 0 Å². The van der Waals surface area contributed by atoms with E-state index in [0.717, 1.165) is 0 Å². The van der Waals surface area contributed by atoms with Crippen LogP contribution in [0.5, 0.6) is 0 Å². The van der Waals surface area contributed by atoms with E-state index in [4.69, 9.17) is 14.6 Å². The van der Waals surface area contributed by atoms with Gasteiger partial charge in [0.05, 0.1) is 19.7 Å². The first kappa shape index (κ1) is 22.0. The Bertz CT molecular complexity index is 549. The highest BCUT2D eigenvalue weighted by molar-refractivity contribution is 5.81. The van der Waals surface area contributed by atoms with E-state index in [0.29, 0.717) is 26.2 Å². The van der Waals surface area contributed by atoms with Crippen LogP contribution < -0.4 is 5.32 Å². The largest absolute Gasteiger partial charge is 0.490 e. The predicted octanol–water partition coefficient (Wildman–Crippen LogP) is -0.568. The van der Waals surface area contributed by atoms with Crippen LogP contribution in [-0.2, 0) is 14.3 Å². The zero-order valence-electron chi connectivity index (χ0n) is 15.0. The molecule has 0 aromatic heterocycles. The first-order valence-electron chi connectivity index (χ1n) is 7.65. The number of carboxylic acid groups (broad SMARTS) is 1. The van der Waals surface area contributed by atoms with Gasteiger partial charge in [0.1, 0.15) is 11.6 Å². The van der Waals surface area contributed by atoms with E-state index in [1.54, 1.807) is 30.9 Å². The van der Waals surface area contributed by atoms with Gasteiger partial charge in [0, 0.05) is 27.7 Å². The standard InChI is InChI=1S/C12H22N4O3.C2HF3O2/c1-13-10(17)9-5-19-12(6-15(9)4)7-16(8-12)11(18)14(2)3;3-2(4,5)1(6)7/h9H,5-8H2,1-4H3,(H,13,17);(H,6,7). The fraction of sp³-hybridized carbons (Fsp3) is 0.786. The summed E-state index contributed by atoms with van der Waals surface area (Å²) in [5.74, 6) is -2.79. The minimum atomic E-state index is -5.08. The van der Waals surface area contributed by atoms with E-state index >= 15 is 0 Å². The summed E-state index contributed by atoms with van der Waals surface area (Å²) in [5, 5.41) is 9.76. The Kier molecular flexibility index (Phi) is 6.82. The van der Waals surface area contributed by atoms with E-state index in [9.17, 15) is 22.8 Å². The summed E-state index contributed by atoms with van der Waals surface area (Å²) in [6.07, 6.45) is -5.08. The van der Waals surface area contributed by atoms with Crippen LogP contribution in [0.2, 0.25) is 0 Å². The number of rotatable bonds is 1. The summed E-state index contributed by atoms with van der Waals surface area (Å²) in [4.78, 5) is 37.6. The number of hydrogen-bond donors (Lipinski definition) is 2. The second kappa shape index (κ2) is 8.08. The molecule has 2 fully saturated rings. The van der Waals surface area contributed by atoms with E-state index in [-0.39, 0.29) is 23.6 Å². The van der Waals surface area contributed by atoms with E-state index < -0.39 is 12.1 Å². The minimum Gasteiger partial charge on any atom is -0.475 e. The van der Waals surface area contributed by atoms with Crippen LogP contribution in [-0.4, -0.2) is 110 Å². The normalized spacial score (nSPS) is 22.0. The number of morpholine rings is 1. The average Bonchev–Trinajstić information content (AvgIpc) is 2.50. The van der Waals surface area contributed by atoms with Gasteiger partial charge in [0.25, 0.3) is 0 Å². The fourth-order valence-corrected chi connectivity index (χ4v) is 2.69. The number of likely N-dealkylation sites (N-methyl/N-ethyl adjacent to an activating group) is 2. The molecule has 1 unspecified atom stereocenters. The van der Waals surface area contributed by atoms with Crippen molar-refractivity contribution in [2.24, 2.45) is 0 Å². The molecule has 2 aliphatic heterocycles. The van der Waals surface area contributed by atoms with Gasteiger partial charge in [-0.25, -0.2) is 9.59 Å². The molecule has 150 valence electrons. The molecule has 0 aromatic carbocycles. The molecule has 2 N–H and O–H groups in total. The lowest BCUT2D eigenvalue weighted by molar-refractivity contribution is -0.192. The summed E-state index contributed by atoms with van der Waals surface area (Å²) < 4.78 is 37.6. The second-order valence-corrected chi connectivity index (χ2v) is 6.38. The number of carbonyl (C=O) groups is 3. The van der Waals surface area contributed by atoms with Crippen molar-refractivity contribution in [2.45, 2.75) is 17.8 Å². The molecular formula is C14H23F3N4O5. The summed E-state index contributed by atoms with van der Waals surface area (Å²) in [6, 6.07) is -0.237. The number of alkyl halides is 3. The number of carbonyl (C=O) groups excluding carboxylic acids is 2. The van der Waals surface area contributed by atoms with Crippen LogP contribution in [0.15, 0.2) is 0 Å². The van der Waals surface area contributed by atoms with Gasteiger partial charge in [-0.3, -0.25) is 9.69 Å². The van der Waals surface area contributed by atoms with E-state index in [1.165, 1.54) is 0 Å². The molecule has 0 aliphatic carbocycles. The zero-order chi connectivity index (χ0) is 20.3. The number of aliphatic carboxylic acids is 1. The molecule has 2 rings (SSSR count). The summed E-state index contributed by atoms with van der Waals surface area (Å²) in [5.41, 5.74) is -0.301. The van der Waals surface area contributed by atoms with Gasteiger partial charge in [-0.05, 0) is 7.05 Å². The fourth-order valence-electron chi connectivity index (χ4n) is 2.69. The highest BCUT2D eigenvalue weighted by atomic mass is 19.4. The number of hydrogen-bond acceptors (Lipinski definition) is 5. The van der Waals surface area contributed by atoms with Crippen LogP contribution >= 0.6 is 0 Å². The predicted molar refractivity (Wildman–Crippen MR) is 83.5 cm³/mol. The number of halogens is 3. The maximum absolute atomic E-state index is 11.8. The number of ether oxygens (including phenoxy) is 1. The number of likely N-dealkylation sites (tertiary alicyclic amines) is 1. The Hall–Kier alpha value is -2.08. The highest BCUT2D eigenvalue weighted by Gasteiger charge is 2.51. The monoisotopic (exact) mass is 384 g/mol. The first-order chi connectivity index (χ1) is 11.8. The molecular weight excluding hydrogens is 361 g/mol. The molecule has 3 amide bonds. The average molecular weight is 384 g/mol. The molecule has 26 heavy (non-hydrogen) atoms. The number of amides is 3. The Labute approximate surface area is 148 Å². The quantitative estimate of drug-likeness (QED) is 0.628. The summed E-state index contributed by atoms with van der Waals surface area (Å²) in [7, 11) is 7.02. The third-order valence-corrected chi connectivity index (χ3v) is 4.02. The molecule has 1 spiro atoms. The lowest BCUT2D eigenvalue weighted by atomic mass is 9.91. The highest BCUT2D eigenvalue weighted by Crippen LogP contribution is 2.30. The Morgan fingerprint density at radius 3 is 2.08 bits per heavy atom. The number of nitrogens with one attached hydrogen (secondary N) is 1. The Balaban J connectivity index is 0.000000412. The molecule has 0 radical (unpaired) electrons. The summed E-state index contributed by atoms with van der Waals surface area (Å²) >= 11 is 0. The maximum Gasteiger partial charge on any atom is 0.490 e. The molecule has 9 nitrogen and oxygen atoms in total. The SMILES string of the molecule is CNC(=O)C1COC2(CN(C(=O)N(C)C)C2)CN1C.O=C(O)C(F)(F)F. The van der Waals surface area contributed by atoms with Crippen LogP contribution in [0.25, 0.3) is 0 Å². The number of urea groups is 1. The molecule has 2 saturated heterocycles. The third-order valence-electron chi connectivity index (χ3n) is 4.02. The lowest BCUT2D eigenvalue weighted by Gasteiger charge is -2.54. The minimum absolute atomic E-state index is 0.00491. The molecule has 2 heterocycles. The van der Waals surface area contributed by atoms with Gasteiger partial charge in [0.15, 0.2) is 0 Å². The molecule has 0 saturated carbocycles. The van der Waals surface area contributed by atoms with Crippen LogP contribution in [0, 0.1) is 0 Å². The molecule has 0 bridgehead atoms. The van der Waals surface area contributed by atoms with Crippen molar-refractivity contribution in [1.29, 1.82) is 0 Å². The van der Waals surface area contributed by atoms with Crippen molar-refractivity contribution in [3.05, 3.63) is 0 Å². The van der Waals surface area contributed by atoms with Crippen LogP contribution in [0.4, 0.5) is 18.0 Å². The van der Waals surface area contributed by atoms with Gasteiger partial charge in [-0.1, -0.05) is 0 Å². The molecule has 12 heteroatoms. The Morgan fingerprint density at radius 2 is 1.73 bits per heavy atom. The third kappa shape index (κ3) is 5.21. The van der Waals surface area contributed by atoms with Crippen LogP contribution in [0.1, 0.15) is 0 Å². The van der Waals surface area contributed by atoms with Crippen LogP contribution in [0.3, 0.4) is 0 Å². The van der Waals surface area contributed by atoms with E-state index in [2.05, 4.69) is 5.32 Å². The molecule has 1 atom stereocenters. The zero-order valence-corrected chi connectivity index (χ0v) is 15.0. The molecule has 2 aliphatic rings. The lowest BCUT2D eigenvalue weighted by Crippen LogP contribution is -2.73. The van der Waals surface area contributed by atoms with Crippen molar-refractivity contribution < 1.29 is 37.4 Å². The van der Waals surface area contributed by atoms with Crippen molar-refractivity contribution in [3.63, 3.8) is 0 Å². The topological polar surface area (TPSA) is 102 Å². The smallest absolute Gasteiger partial charge is 0.475 e. The van der Waals surface area contributed by atoms with Gasteiger partial charge < -0.3 is 25.0 Å². The first-order valence-corrected chi connectivity index (χ1v) is 7.65. The van der Waals surface area contributed by atoms with Gasteiger partial charge >= 0.3 is 18.2 Å². The Morgan fingerprint density at radius 1 is 1.23 bits per heavy atom. The van der Waals surface area contributed by atoms with Gasteiger partial charge in [-0.2, -0.15) is 13.2 Å². The second-order valence-electron chi connectivity index (χ2n) is 6.38. The maximum atomic E-state index is 11.8. The van der Waals surface area contributed by atoms with Gasteiger partial charge in [0.2, 0.25) is 5.91 Å². The van der Waals surface area contributed by atoms with E-state index in [1.807, 2.05) is 11.9 Å². The van der Waals surface area contributed by atoms with Crippen molar-refractivity contribution in [3.8, 4) is 0 Å². The number of nitrogens with zero attached hydrogens (tertiary/aromatic N) is 3. The van der Waals surface area contributed by atoms with Crippen molar-refractivity contribution >= 4 is 17.9 Å².